The molecule has 0 aromatic rings. The van der Waals surface area contributed by atoms with Crippen molar-refractivity contribution in [2.24, 2.45) is 0 Å². The Morgan fingerprint density at radius 1 is 1.50 bits per heavy atom. The standard InChI is InChI=1S/C9H16ClNO/c1-2-9(12)11-8-6-4-3-5-7(8)10/h7-8H,2-6H2,1H3,(H,11,12)/t7-,8+/m0/s1. The lowest BCUT2D eigenvalue weighted by atomic mass is 9.95. The van der Waals surface area contributed by atoms with Gasteiger partial charge in [0.1, 0.15) is 0 Å². The number of carbonyl (C=O) groups is 1. The molecule has 0 saturated heterocycles. The van der Waals surface area contributed by atoms with E-state index in [-0.39, 0.29) is 17.3 Å². The van der Waals surface area contributed by atoms with Crippen molar-refractivity contribution in [3.05, 3.63) is 0 Å². The Hall–Kier alpha value is -0.240. The third-order valence-corrected chi connectivity index (χ3v) is 2.87. The highest BCUT2D eigenvalue weighted by Gasteiger charge is 2.23. The maximum absolute atomic E-state index is 11.1. The molecule has 1 saturated carbocycles. The summed E-state index contributed by atoms with van der Waals surface area (Å²) in [6, 6.07) is 0.216. The fourth-order valence-electron chi connectivity index (χ4n) is 1.56. The number of rotatable bonds is 2. The van der Waals surface area contributed by atoms with Gasteiger partial charge in [-0.2, -0.15) is 0 Å². The highest BCUT2D eigenvalue weighted by atomic mass is 35.5. The van der Waals surface area contributed by atoms with Gasteiger partial charge >= 0.3 is 0 Å². The van der Waals surface area contributed by atoms with Gasteiger partial charge in [-0.3, -0.25) is 4.79 Å². The van der Waals surface area contributed by atoms with E-state index < -0.39 is 0 Å². The van der Waals surface area contributed by atoms with Crippen molar-refractivity contribution in [3.8, 4) is 0 Å². The largest absolute Gasteiger partial charge is 0.352 e. The van der Waals surface area contributed by atoms with Crippen LogP contribution in [0.2, 0.25) is 0 Å². The molecule has 70 valence electrons. The van der Waals surface area contributed by atoms with Crippen LogP contribution in [0.15, 0.2) is 0 Å². The lowest BCUT2D eigenvalue weighted by Gasteiger charge is -2.27. The first-order valence-electron chi connectivity index (χ1n) is 4.67. The Morgan fingerprint density at radius 3 is 2.75 bits per heavy atom. The fraction of sp³-hybridized carbons (Fsp3) is 0.889. The molecule has 1 fully saturated rings. The lowest BCUT2D eigenvalue weighted by molar-refractivity contribution is -0.121. The average molecular weight is 190 g/mol. The van der Waals surface area contributed by atoms with Crippen LogP contribution in [0, 0.1) is 0 Å². The first-order valence-corrected chi connectivity index (χ1v) is 5.11. The molecule has 1 N–H and O–H groups in total. The molecular formula is C9H16ClNO. The predicted octanol–water partition coefficient (Wildman–Crippen LogP) is 2.06. The van der Waals surface area contributed by atoms with Gasteiger partial charge in [0.2, 0.25) is 5.91 Å². The van der Waals surface area contributed by atoms with E-state index in [9.17, 15) is 4.79 Å². The molecule has 1 aliphatic carbocycles. The van der Waals surface area contributed by atoms with Crippen molar-refractivity contribution >= 4 is 17.5 Å². The minimum Gasteiger partial charge on any atom is -0.352 e. The third-order valence-electron chi connectivity index (χ3n) is 2.35. The molecule has 1 amide bonds. The summed E-state index contributed by atoms with van der Waals surface area (Å²) in [5.41, 5.74) is 0. The Bertz CT molecular complexity index is 161. The second-order valence-electron chi connectivity index (χ2n) is 3.33. The molecule has 2 atom stereocenters. The van der Waals surface area contributed by atoms with Crippen LogP contribution in [0.5, 0.6) is 0 Å². The van der Waals surface area contributed by atoms with Crippen LogP contribution < -0.4 is 5.32 Å². The number of alkyl halides is 1. The quantitative estimate of drug-likeness (QED) is 0.662. The van der Waals surface area contributed by atoms with Crippen LogP contribution in [0.4, 0.5) is 0 Å². The van der Waals surface area contributed by atoms with Crippen molar-refractivity contribution in [1.29, 1.82) is 0 Å². The summed E-state index contributed by atoms with van der Waals surface area (Å²) in [6.07, 6.45) is 5.03. The van der Waals surface area contributed by atoms with E-state index in [4.69, 9.17) is 11.6 Å². The zero-order valence-corrected chi connectivity index (χ0v) is 8.23. The van der Waals surface area contributed by atoms with Gasteiger partial charge in [-0.25, -0.2) is 0 Å². The molecule has 0 aromatic carbocycles. The molecule has 3 heteroatoms. The summed E-state index contributed by atoms with van der Waals surface area (Å²) in [7, 11) is 0. The third kappa shape index (κ3) is 2.67. The van der Waals surface area contributed by atoms with Gasteiger partial charge in [-0.15, -0.1) is 11.6 Å². The Balaban J connectivity index is 2.33. The molecule has 0 spiro atoms. The highest BCUT2D eigenvalue weighted by Crippen LogP contribution is 2.22. The Kier molecular flexibility index (Phi) is 3.86. The SMILES string of the molecule is CCC(=O)N[C@@H]1CCCC[C@@H]1Cl. The van der Waals surface area contributed by atoms with Crippen LogP contribution in [0.1, 0.15) is 39.0 Å². The molecule has 0 heterocycles. The second kappa shape index (κ2) is 4.70. The summed E-state index contributed by atoms with van der Waals surface area (Å²) >= 11 is 6.07. The van der Waals surface area contributed by atoms with Gasteiger partial charge in [0.15, 0.2) is 0 Å². The van der Waals surface area contributed by atoms with E-state index in [0.717, 1.165) is 12.8 Å². The van der Waals surface area contributed by atoms with Crippen LogP contribution in [0.3, 0.4) is 0 Å². The van der Waals surface area contributed by atoms with Crippen LogP contribution in [-0.4, -0.2) is 17.3 Å². The fourth-order valence-corrected chi connectivity index (χ4v) is 1.90. The highest BCUT2D eigenvalue weighted by molar-refractivity contribution is 6.21. The first-order chi connectivity index (χ1) is 5.74. The van der Waals surface area contributed by atoms with Crippen molar-refractivity contribution in [1.82, 2.24) is 5.32 Å². The van der Waals surface area contributed by atoms with Gasteiger partial charge in [0, 0.05) is 12.5 Å². The Morgan fingerprint density at radius 2 is 2.17 bits per heavy atom. The zero-order chi connectivity index (χ0) is 8.97. The molecule has 12 heavy (non-hydrogen) atoms. The topological polar surface area (TPSA) is 29.1 Å². The second-order valence-corrected chi connectivity index (χ2v) is 3.89. The normalized spacial score (nSPS) is 29.8. The van der Waals surface area contributed by atoms with E-state index >= 15 is 0 Å². The summed E-state index contributed by atoms with van der Waals surface area (Å²) in [5.74, 6) is 0.118. The van der Waals surface area contributed by atoms with E-state index in [2.05, 4.69) is 5.32 Å². The lowest BCUT2D eigenvalue weighted by Crippen LogP contribution is -2.42. The van der Waals surface area contributed by atoms with Gasteiger partial charge < -0.3 is 5.32 Å². The molecule has 0 unspecified atom stereocenters. The number of amides is 1. The van der Waals surface area contributed by atoms with E-state index in [1.54, 1.807) is 0 Å². The zero-order valence-electron chi connectivity index (χ0n) is 7.48. The van der Waals surface area contributed by atoms with E-state index in [1.807, 2.05) is 6.92 Å². The summed E-state index contributed by atoms with van der Waals surface area (Å²) in [5, 5.41) is 3.09. The molecule has 0 aliphatic heterocycles. The van der Waals surface area contributed by atoms with Crippen molar-refractivity contribution in [2.45, 2.75) is 50.4 Å². The van der Waals surface area contributed by atoms with Crippen LogP contribution in [-0.2, 0) is 4.79 Å². The summed E-state index contributed by atoms with van der Waals surface area (Å²) in [6.45, 7) is 1.86. The van der Waals surface area contributed by atoms with Crippen molar-refractivity contribution in [3.63, 3.8) is 0 Å². The molecule has 1 aliphatic rings. The summed E-state index contributed by atoms with van der Waals surface area (Å²) in [4.78, 5) is 11.1. The van der Waals surface area contributed by atoms with E-state index in [0.29, 0.717) is 6.42 Å². The molecule has 0 aromatic heterocycles. The Labute approximate surface area is 78.7 Å². The molecule has 0 bridgehead atoms. The minimum absolute atomic E-state index is 0.118. The molecule has 1 rings (SSSR count). The maximum Gasteiger partial charge on any atom is 0.219 e. The van der Waals surface area contributed by atoms with Crippen molar-refractivity contribution in [2.75, 3.05) is 0 Å². The average Bonchev–Trinajstić information content (AvgIpc) is 2.09. The van der Waals surface area contributed by atoms with Gasteiger partial charge in [-0.1, -0.05) is 19.8 Å². The number of hydrogen-bond donors (Lipinski definition) is 1. The van der Waals surface area contributed by atoms with Crippen LogP contribution in [0.25, 0.3) is 0 Å². The number of halogens is 1. The molecule has 2 nitrogen and oxygen atoms in total. The first kappa shape index (κ1) is 9.85. The van der Waals surface area contributed by atoms with Crippen LogP contribution >= 0.6 is 11.6 Å². The minimum atomic E-state index is 0.118. The predicted molar refractivity (Wildman–Crippen MR) is 50.3 cm³/mol. The number of nitrogens with one attached hydrogen (secondary N) is 1. The van der Waals surface area contributed by atoms with Gasteiger partial charge in [0.25, 0.3) is 0 Å². The molecular weight excluding hydrogens is 174 g/mol. The summed E-state index contributed by atoms with van der Waals surface area (Å²) < 4.78 is 0. The van der Waals surface area contributed by atoms with E-state index in [1.165, 1.54) is 12.8 Å². The number of carbonyl (C=O) groups excluding carboxylic acids is 1. The molecule has 0 radical (unpaired) electrons. The maximum atomic E-state index is 11.1. The number of hydrogen-bond acceptors (Lipinski definition) is 1. The smallest absolute Gasteiger partial charge is 0.219 e. The van der Waals surface area contributed by atoms with Gasteiger partial charge in [0.05, 0.1) is 5.38 Å². The van der Waals surface area contributed by atoms with Crippen molar-refractivity contribution < 1.29 is 4.79 Å². The van der Waals surface area contributed by atoms with Gasteiger partial charge in [-0.05, 0) is 12.8 Å². The monoisotopic (exact) mass is 189 g/mol.